The van der Waals surface area contributed by atoms with Crippen molar-refractivity contribution in [3.05, 3.63) is 53.6 Å². The second-order valence-corrected chi connectivity index (χ2v) is 4.56. The summed E-state index contributed by atoms with van der Waals surface area (Å²) in [5.74, 6) is 0.679. The molecular formula is C15H19N. The third-order valence-corrected chi connectivity index (χ3v) is 3.01. The van der Waals surface area contributed by atoms with E-state index in [2.05, 4.69) is 61.7 Å². The lowest BCUT2D eigenvalue weighted by atomic mass is 9.96. The molecule has 1 atom stereocenters. The van der Waals surface area contributed by atoms with Crippen LogP contribution in [0.5, 0.6) is 0 Å². The van der Waals surface area contributed by atoms with Gasteiger partial charge in [-0.3, -0.25) is 0 Å². The molecule has 1 nitrogen and oxygen atoms in total. The Kier molecular flexibility index (Phi) is 3.45. The third-order valence-electron chi connectivity index (χ3n) is 3.01. The Morgan fingerprint density at radius 2 is 2.12 bits per heavy atom. The summed E-state index contributed by atoms with van der Waals surface area (Å²) in [6.45, 7) is 5.36. The van der Waals surface area contributed by atoms with Gasteiger partial charge < -0.3 is 5.32 Å². The summed E-state index contributed by atoms with van der Waals surface area (Å²) >= 11 is 0. The smallest absolute Gasteiger partial charge is 0.0372 e. The molecule has 0 aromatic heterocycles. The van der Waals surface area contributed by atoms with Crippen LogP contribution in [-0.2, 0) is 0 Å². The van der Waals surface area contributed by atoms with Crippen LogP contribution in [0.1, 0.15) is 18.9 Å². The minimum atomic E-state index is 0.679. The Labute approximate surface area is 97.9 Å². The first kappa shape index (κ1) is 11.0. The van der Waals surface area contributed by atoms with Crippen LogP contribution in [-0.4, -0.2) is 6.54 Å². The van der Waals surface area contributed by atoms with E-state index >= 15 is 0 Å². The van der Waals surface area contributed by atoms with Crippen molar-refractivity contribution in [2.24, 2.45) is 5.92 Å². The molecule has 1 aromatic rings. The van der Waals surface area contributed by atoms with Crippen LogP contribution in [0.15, 0.2) is 48.1 Å². The molecule has 1 aromatic carbocycles. The normalized spacial score (nSPS) is 19.4. The minimum Gasteiger partial charge on any atom is -0.381 e. The molecule has 0 fully saturated rings. The molecule has 84 valence electrons. The first-order chi connectivity index (χ1) is 7.75. The number of rotatable bonds is 3. The van der Waals surface area contributed by atoms with E-state index in [0.717, 1.165) is 6.54 Å². The maximum absolute atomic E-state index is 3.50. The van der Waals surface area contributed by atoms with Crippen molar-refractivity contribution >= 4 is 5.69 Å². The Morgan fingerprint density at radius 3 is 2.88 bits per heavy atom. The summed E-state index contributed by atoms with van der Waals surface area (Å²) in [4.78, 5) is 0. The van der Waals surface area contributed by atoms with Gasteiger partial charge in [0.15, 0.2) is 0 Å². The van der Waals surface area contributed by atoms with E-state index in [1.807, 2.05) is 0 Å². The Hall–Kier alpha value is -1.50. The number of benzene rings is 1. The fraction of sp³-hybridized carbons (Fsp3) is 0.333. The molecule has 0 bridgehead atoms. The number of nitrogens with one attached hydrogen (secondary N) is 1. The number of allylic oxidation sites excluding steroid dienone is 3. The molecule has 0 saturated heterocycles. The molecule has 0 spiro atoms. The van der Waals surface area contributed by atoms with Gasteiger partial charge in [0.2, 0.25) is 0 Å². The van der Waals surface area contributed by atoms with Gasteiger partial charge in [0.1, 0.15) is 0 Å². The van der Waals surface area contributed by atoms with Gasteiger partial charge in [0.05, 0.1) is 0 Å². The zero-order valence-electron chi connectivity index (χ0n) is 10.0. The summed E-state index contributed by atoms with van der Waals surface area (Å²) in [6, 6.07) is 8.43. The molecule has 1 aliphatic carbocycles. The first-order valence-electron chi connectivity index (χ1n) is 5.91. The standard InChI is InChI=1S/C15H19N/c1-12-6-5-8-14(10-12)11-16-15-9-4-3-7-13(15)2/h3-9,12,16H,10-11H2,1-2H3. The zero-order valence-corrected chi connectivity index (χ0v) is 10.0. The average Bonchev–Trinajstić information content (AvgIpc) is 2.28. The second kappa shape index (κ2) is 5.02. The molecule has 16 heavy (non-hydrogen) atoms. The van der Waals surface area contributed by atoms with E-state index in [1.54, 1.807) is 0 Å². The van der Waals surface area contributed by atoms with E-state index in [0.29, 0.717) is 5.92 Å². The quantitative estimate of drug-likeness (QED) is 0.802. The summed E-state index contributed by atoms with van der Waals surface area (Å²) in [5, 5.41) is 3.50. The van der Waals surface area contributed by atoms with Crippen LogP contribution >= 0.6 is 0 Å². The molecule has 0 heterocycles. The molecule has 1 unspecified atom stereocenters. The summed E-state index contributed by atoms with van der Waals surface area (Å²) < 4.78 is 0. The molecule has 1 aliphatic rings. The maximum atomic E-state index is 3.50. The molecule has 0 amide bonds. The largest absolute Gasteiger partial charge is 0.381 e. The van der Waals surface area contributed by atoms with Crippen LogP contribution in [0.25, 0.3) is 0 Å². The average molecular weight is 213 g/mol. The molecule has 0 saturated carbocycles. The summed E-state index contributed by atoms with van der Waals surface area (Å²) in [7, 11) is 0. The fourth-order valence-electron chi connectivity index (χ4n) is 2.04. The van der Waals surface area contributed by atoms with E-state index in [1.165, 1.54) is 23.2 Å². The zero-order chi connectivity index (χ0) is 11.4. The van der Waals surface area contributed by atoms with Crippen molar-refractivity contribution in [1.29, 1.82) is 0 Å². The van der Waals surface area contributed by atoms with Crippen LogP contribution < -0.4 is 5.32 Å². The van der Waals surface area contributed by atoms with Crippen LogP contribution in [0.2, 0.25) is 0 Å². The van der Waals surface area contributed by atoms with Crippen molar-refractivity contribution in [3.8, 4) is 0 Å². The van der Waals surface area contributed by atoms with Crippen molar-refractivity contribution in [3.63, 3.8) is 0 Å². The lowest BCUT2D eigenvalue weighted by Gasteiger charge is -2.16. The van der Waals surface area contributed by atoms with Gasteiger partial charge in [-0.1, -0.05) is 48.9 Å². The van der Waals surface area contributed by atoms with Crippen LogP contribution in [0.4, 0.5) is 5.69 Å². The summed E-state index contributed by atoms with van der Waals surface area (Å²) in [6.07, 6.45) is 7.83. The van der Waals surface area contributed by atoms with Crippen LogP contribution in [0.3, 0.4) is 0 Å². The van der Waals surface area contributed by atoms with Gasteiger partial charge in [-0.15, -0.1) is 0 Å². The Balaban J connectivity index is 1.95. The van der Waals surface area contributed by atoms with E-state index < -0.39 is 0 Å². The third kappa shape index (κ3) is 2.75. The SMILES string of the molecule is Cc1ccccc1NCC1=CC=CC(C)C1. The highest BCUT2D eigenvalue weighted by Gasteiger charge is 2.06. The number of anilines is 1. The van der Waals surface area contributed by atoms with Crippen molar-refractivity contribution in [2.75, 3.05) is 11.9 Å². The fourth-order valence-corrected chi connectivity index (χ4v) is 2.04. The Morgan fingerprint density at radius 1 is 1.31 bits per heavy atom. The highest BCUT2D eigenvalue weighted by molar-refractivity contribution is 5.51. The Bertz CT molecular complexity index is 415. The molecule has 2 rings (SSSR count). The number of hydrogen-bond acceptors (Lipinski definition) is 1. The molecule has 1 N–H and O–H groups in total. The summed E-state index contributed by atoms with van der Waals surface area (Å²) in [5.41, 5.74) is 4.03. The van der Waals surface area contributed by atoms with E-state index in [-0.39, 0.29) is 0 Å². The highest BCUT2D eigenvalue weighted by atomic mass is 14.9. The number of para-hydroxylation sites is 1. The van der Waals surface area contributed by atoms with Gasteiger partial charge in [-0.25, -0.2) is 0 Å². The number of aryl methyl sites for hydroxylation is 1. The van der Waals surface area contributed by atoms with Gasteiger partial charge >= 0.3 is 0 Å². The van der Waals surface area contributed by atoms with E-state index in [4.69, 9.17) is 0 Å². The van der Waals surface area contributed by atoms with Gasteiger partial charge in [-0.2, -0.15) is 0 Å². The maximum Gasteiger partial charge on any atom is 0.0372 e. The van der Waals surface area contributed by atoms with Crippen LogP contribution in [0, 0.1) is 12.8 Å². The molecular weight excluding hydrogens is 194 g/mol. The monoisotopic (exact) mass is 213 g/mol. The van der Waals surface area contributed by atoms with Gasteiger partial charge in [-0.05, 0) is 30.9 Å². The van der Waals surface area contributed by atoms with Crippen molar-refractivity contribution in [1.82, 2.24) is 0 Å². The van der Waals surface area contributed by atoms with Gasteiger partial charge in [0.25, 0.3) is 0 Å². The minimum absolute atomic E-state index is 0.679. The first-order valence-corrected chi connectivity index (χ1v) is 5.91. The van der Waals surface area contributed by atoms with Crippen molar-refractivity contribution in [2.45, 2.75) is 20.3 Å². The molecule has 1 heteroatoms. The van der Waals surface area contributed by atoms with Crippen molar-refractivity contribution < 1.29 is 0 Å². The highest BCUT2D eigenvalue weighted by Crippen LogP contribution is 2.19. The molecule has 0 aliphatic heterocycles. The lowest BCUT2D eigenvalue weighted by molar-refractivity contribution is 0.701. The topological polar surface area (TPSA) is 12.0 Å². The lowest BCUT2D eigenvalue weighted by Crippen LogP contribution is -2.09. The number of hydrogen-bond donors (Lipinski definition) is 1. The predicted molar refractivity (Wildman–Crippen MR) is 70.7 cm³/mol. The second-order valence-electron chi connectivity index (χ2n) is 4.56. The molecule has 0 radical (unpaired) electrons. The van der Waals surface area contributed by atoms with E-state index in [9.17, 15) is 0 Å². The van der Waals surface area contributed by atoms with Gasteiger partial charge in [0, 0.05) is 12.2 Å². The predicted octanol–water partition coefficient (Wildman–Crippen LogP) is 3.93.